The third kappa shape index (κ3) is 2.59. The number of fused-ring (bicyclic) bond motifs is 1. The van der Waals surface area contributed by atoms with Gasteiger partial charge < -0.3 is 9.72 Å². The number of halogens is 1. The molecule has 5 heteroatoms. The first-order chi connectivity index (χ1) is 10.1. The lowest BCUT2D eigenvalue weighted by Crippen LogP contribution is -1.91. The van der Waals surface area contributed by atoms with Crippen molar-refractivity contribution in [2.75, 3.05) is 7.11 Å². The Morgan fingerprint density at radius 1 is 1.14 bits per heavy atom. The standard InChI is InChI=1S/C16H16ClN3O/c1-9(2)14-5-10-4-13(17)12(6-15(10)20-14)16-18-7-11(21-3)8-19-16/h4-9,20H,1-3H3. The molecule has 3 aromatic rings. The van der Waals surface area contributed by atoms with Crippen molar-refractivity contribution in [1.82, 2.24) is 15.0 Å². The molecule has 3 rings (SSSR count). The van der Waals surface area contributed by atoms with E-state index in [0.717, 1.165) is 16.5 Å². The van der Waals surface area contributed by atoms with E-state index in [4.69, 9.17) is 16.3 Å². The van der Waals surface area contributed by atoms with Gasteiger partial charge in [-0.2, -0.15) is 0 Å². The summed E-state index contributed by atoms with van der Waals surface area (Å²) in [6, 6.07) is 6.07. The summed E-state index contributed by atoms with van der Waals surface area (Å²) in [5.41, 5.74) is 3.04. The number of benzene rings is 1. The second-order valence-corrected chi connectivity index (χ2v) is 5.65. The van der Waals surface area contributed by atoms with E-state index in [0.29, 0.717) is 22.5 Å². The highest BCUT2D eigenvalue weighted by Gasteiger charge is 2.11. The van der Waals surface area contributed by atoms with Crippen molar-refractivity contribution >= 4 is 22.5 Å². The Morgan fingerprint density at radius 2 is 1.86 bits per heavy atom. The van der Waals surface area contributed by atoms with Crippen molar-refractivity contribution in [1.29, 1.82) is 0 Å². The highest BCUT2D eigenvalue weighted by Crippen LogP contribution is 2.32. The maximum absolute atomic E-state index is 6.38. The smallest absolute Gasteiger partial charge is 0.160 e. The van der Waals surface area contributed by atoms with Crippen LogP contribution in [0.5, 0.6) is 5.75 Å². The first-order valence-electron chi connectivity index (χ1n) is 6.77. The van der Waals surface area contributed by atoms with Crippen LogP contribution in [0.25, 0.3) is 22.3 Å². The molecule has 21 heavy (non-hydrogen) atoms. The number of H-pyrrole nitrogens is 1. The van der Waals surface area contributed by atoms with E-state index in [1.807, 2.05) is 12.1 Å². The van der Waals surface area contributed by atoms with Gasteiger partial charge in [0, 0.05) is 22.2 Å². The highest BCUT2D eigenvalue weighted by molar-refractivity contribution is 6.34. The SMILES string of the molecule is COc1cnc(-c2cc3[nH]c(C(C)C)cc3cc2Cl)nc1. The molecule has 0 fully saturated rings. The lowest BCUT2D eigenvalue weighted by Gasteiger charge is -2.04. The van der Waals surface area contributed by atoms with Gasteiger partial charge in [-0.25, -0.2) is 9.97 Å². The van der Waals surface area contributed by atoms with Gasteiger partial charge in [0.15, 0.2) is 11.6 Å². The number of aromatic amines is 1. The molecule has 0 atom stereocenters. The van der Waals surface area contributed by atoms with Crippen LogP contribution in [0.2, 0.25) is 5.02 Å². The largest absolute Gasteiger partial charge is 0.494 e. The van der Waals surface area contributed by atoms with Crippen LogP contribution < -0.4 is 4.74 Å². The molecule has 0 aliphatic rings. The Morgan fingerprint density at radius 3 is 2.48 bits per heavy atom. The predicted octanol–water partition coefficient (Wildman–Crippen LogP) is 4.41. The van der Waals surface area contributed by atoms with Gasteiger partial charge in [-0.05, 0) is 24.1 Å². The minimum absolute atomic E-state index is 0.442. The maximum atomic E-state index is 6.38. The molecule has 0 unspecified atom stereocenters. The van der Waals surface area contributed by atoms with Crippen molar-refractivity contribution in [2.45, 2.75) is 19.8 Å². The van der Waals surface area contributed by atoms with Gasteiger partial charge in [-0.15, -0.1) is 0 Å². The van der Waals surface area contributed by atoms with Crippen molar-refractivity contribution in [2.24, 2.45) is 0 Å². The number of ether oxygens (including phenoxy) is 1. The Bertz CT molecular complexity index is 778. The van der Waals surface area contributed by atoms with Gasteiger partial charge in [0.25, 0.3) is 0 Å². The molecule has 1 N–H and O–H groups in total. The van der Waals surface area contributed by atoms with E-state index < -0.39 is 0 Å². The normalized spacial score (nSPS) is 11.3. The molecule has 0 saturated carbocycles. The summed E-state index contributed by atoms with van der Waals surface area (Å²) in [6.07, 6.45) is 3.27. The monoisotopic (exact) mass is 301 g/mol. The lowest BCUT2D eigenvalue weighted by atomic mass is 10.1. The molecule has 2 aromatic heterocycles. The van der Waals surface area contributed by atoms with Crippen LogP contribution in [0, 0.1) is 0 Å². The molecule has 0 saturated heterocycles. The number of hydrogen-bond acceptors (Lipinski definition) is 3. The molecule has 1 aromatic carbocycles. The van der Waals surface area contributed by atoms with Crippen molar-refractivity contribution in [3.8, 4) is 17.1 Å². The minimum Gasteiger partial charge on any atom is -0.494 e. The third-order valence-electron chi connectivity index (χ3n) is 3.46. The predicted molar refractivity (Wildman–Crippen MR) is 85.0 cm³/mol. The van der Waals surface area contributed by atoms with E-state index >= 15 is 0 Å². The van der Waals surface area contributed by atoms with Gasteiger partial charge in [0.05, 0.1) is 24.5 Å². The molecular formula is C16H16ClN3O. The van der Waals surface area contributed by atoms with Gasteiger partial charge in [0.1, 0.15) is 0 Å². The van der Waals surface area contributed by atoms with E-state index in [1.54, 1.807) is 19.5 Å². The third-order valence-corrected chi connectivity index (χ3v) is 3.77. The van der Waals surface area contributed by atoms with Crippen molar-refractivity contribution in [3.63, 3.8) is 0 Å². The fourth-order valence-electron chi connectivity index (χ4n) is 2.22. The minimum atomic E-state index is 0.442. The molecule has 2 heterocycles. The maximum Gasteiger partial charge on any atom is 0.160 e. The van der Waals surface area contributed by atoms with Crippen LogP contribution in [0.3, 0.4) is 0 Å². The van der Waals surface area contributed by atoms with E-state index in [-0.39, 0.29) is 0 Å². The van der Waals surface area contributed by atoms with Gasteiger partial charge in [0.2, 0.25) is 0 Å². The molecule has 0 aliphatic carbocycles. The Balaban J connectivity index is 2.10. The topological polar surface area (TPSA) is 50.8 Å². The van der Waals surface area contributed by atoms with Gasteiger partial charge in [-0.3, -0.25) is 0 Å². The molecule has 108 valence electrons. The van der Waals surface area contributed by atoms with Crippen LogP contribution in [0.15, 0.2) is 30.6 Å². The number of hydrogen-bond donors (Lipinski definition) is 1. The Hall–Kier alpha value is -2.07. The quantitative estimate of drug-likeness (QED) is 0.779. The van der Waals surface area contributed by atoms with Gasteiger partial charge >= 0.3 is 0 Å². The summed E-state index contributed by atoms with van der Waals surface area (Å²) >= 11 is 6.38. The average Bonchev–Trinajstić information content (AvgIpc) is 2.89. The summed E-state index contributed by atoms with van der Waals surface area (Å²) in [5, 5.41) is 1.74. The fraction of sp³-hybridized carbons (Fsp3) is 0.250. The molecule has 0 spiro atoms. The summed E-state index contributed by atoms with van der Waals surface area (Å²) in [7, 11) is 1.59. The first-order valence-corrected chi connectivity index (χ1v) is 7.15. The molecular weight excluding hydrogens is 286 g/mol. The van der Waals surface area contributed by atoms with Gasteiger partial charge in [-0.1, -0.05) is 25.4 Å². The fourth-order valence-corrected chi connectivity index (χ4v) is 2.48. The Kier molecular flexibility index (Phi) is 3.55. The van der Waals surface area contributed by atoms with Crippen LogP contribution in [0.1, 0.15) is 25.5 Å². The lowest BCUT2D eigenvalue weighted by molar-refractivity contribution is 0.411. The number of nitrogens with one attached hydrogen (secondary N) is 1. The van der Waals surface area contributed by atoms with Crippen LogP contribution in [0.4, 0.5) is 0 Å². The van der Waals surface area contributed by atoms with Crippen LogP contribution in [-0.4, -0.2) is 22.1 Å². The summed E-state index contributed by atoms with van der Waals surface area (Å²) in [4.78, 5) is 12.0. The molecule has 0 bridgehead atoms. The number of methoxy groups -OCH3 is 1. The highest BCUT2D eigenvalue weighted by atomic mass is 35.5. The number of nitrogens with zero attached hydrogens (tertiary/aromatic N) is 2. The first kappa shape index (κ1) is 13.9. The van der Waals surface area contributed by atoms with E-state index in [9.17, 15) is 0 Å². The van der Waals surface area contributed by atoms with Crippen LogP contribution in [-0.2, 0) is 0 Å². The molecule has 0 radical (unpaired) electrons. The van der Waals surface area contributed by atoms with Crippen molar-refractivity contribution < 1.29 is 4.74 Å². The molecule has 0 aliphatic heterocycles. The Labute approximate surface area is 128 Å². The average molecular weight is 302 g/mol. The van der Waals surface area contributed by atoms with Crippen LogP contribution >= 0.6 is 11.6 Å². The second-order valence-electron chi connectivity index (χ2n) is 5.25. The van der Waals surface area contributed by atoms with E-state index in [2.05, 4.69) is 34.9 Å². The summed E-state index contributed by atoms with van der Waals surface area (Å²) in [5.74, 6) is 1.65. The second kappa shape index (κ2) is 5.37. The zero-order valence-electron chi connectivity index (χ0n) is 12.1. The zero-order valence-corrected chi connectivity index (χ0v) is 12.9. The van der Waals surface area contributed by atoms with Crippen molar-refractivity contribution in [3.05, 3.63) is 41.3 Å². The molecule has 0 amide bonds. The molecule has 4 nitrogen and oxygen atoms in total. The zero-order chi connectivity index (χ0) is 15.0. The van der Waals surface area contributed by atoms with E-state index in [1.165, 1.54) is 5.69 Å². The number of rotatable bonds is 3. The summed E-state index contributed by atoms with van der Waals surface area (Å²) < 4.78 is 5.07. The summed E-state index contributed by atoms with van der Waals surface area (Å²) in [6.45, 7) is 4.31. The number of aromatic nitrogens is 3.